The number of hydrogen-bond acceptors (Lipinski definition) is 4. The number of furan rings is 1. The lowest BCUT2D eigenvalue weighted by atomic mass is 10.1. The van der Waals surface area contributed by atoms with Crippen molar-refractivity contribution in [3.63, 3.8) is 0 Å². The van der Waals surface area contributed by atoms with E-state index in [0.717, 1.165) is 31.7 Å². The summed E-state index contributed by atoms with van der Waals surface area (Å²) in [5, 5.41) is 6.24. The molecule has 2 atom stereocenters. The third-order valence-electron chi connectivity index (χ3n) is 5.02. The van der Waals surface area contributed by atoms with Gasteiger partial charge in [-0.25, -0.2) is 0 Å². The van der Waals surface area contributed by atoms with E-state index in [4.69, 9.17) is 16.0 Å². The normalized spacial score (nSPS) is 16.9. The summed E-state index contributed by atoms with van der Waals surface area (Å²) >= 11 is 5.84. The Bertz CT molecular complexity index is 771. The van der Waals surface area contributed by atoms with Gasteiger partial charge in [-0.3, -0.25) is 14.5 Å². The highest BCUT2D eigenvalue weighted by atomic mass is 35.5. The molecule has 6 nitrogen and oxygen atoms in total. The van der Waals surface area contributed by atoms with Crippen molar-refractivity contribution in [1.82, 2.24) is 15.5 Å². The van der Waals surface area contributed by atoms with Gasteiger partial charge in [0.15, 0.2) is 0 Å². The second-order valence-corrected chi connectivity index (χ2v) is 7.51. The number of nitrogens with zero attached hydrogens (tertiary/aromatic N) is 1. The van der Waals surface area contributed by atoms with E-state index < -0.39 is 6.04 Å². The Labute approximate surface area is 170 Å². The van der Waals surface area contributed by atoms with E-state index >= 15 is 0 Å². The second kappa shape index (κ2) is 9.75. The molecule has 3 rings (SSSR count). The van der Waals surface area contributed by atoms with Gasteiger partial charge in [-0.1, -0.05) is 18.0 Å². The molecule has 0 radical (unpaired) electrons. The number of rotatable bonds is 7. The lowest BCUT2D eigenvalue weighted by Crippen LogP contribution is -2.47. The van der Waals surface area contributed by atoms with Gasteiger partial charge in [0.2, 0.25) is 5.91 Å². The molecule has 1 saturated heterocycles. The topological polar surface area (TPSA) is 74.6 Å². The van der Waals surface area contributed by atoms with Gasteiger partial charge in [0.05, 0.1) is 12.3 Å². The summed E-state index contributed by atoms with van der Waals surface area (Å²) in [4.78, 5) is 27.2. The van der Waals surface area contributed by atoms with E-state index in [-0.39, 0.29) is 17.9 Å². The number of benzene rings is 1. The summed E-state index contributed by atoms with van der Waals surface area (Å²) in [7, 11) is 0. The van der Waals surface area contributed by atoms with Crippen molar-refractivity contribution in [2.45, 2.75) is 38.3 Å². The highest BCUT2D eigenvalue weighted by Crippen LogP contribution is 2.24. The van der Waals surface area contributed by atoms with Gasteiger partial charge in [0.1, 0.15) is 11.8 Å². The molecule has 1 fully saturated rings. The van der Waals surface area contributed by atoms with Crippen LogP contribution >= 0.6 is 11.6 Å². The Morgan fingerprint density at radius 1 is 1.14 bits per heavy atom. The average molecular weight is 404 g/mol. The van der Waals surface area contributed by atoms with E-state index in [1.165, 1.54) is 6.42 Å². The Balaban J connectivity index is 1.56. The van der Waals surface area contributed by atoms with Gasteiger partial charge in [-0.05, 0) is 69.3 Å². The number of likely N-dealkylation sites (tertiary alicyclic amines) is 1. The van der Waals surface area contributed by atoms with E-state index in [1.807, 2.05) is 12.1 Å². The van der Waals surface area contributed by atoms with Gasteiger partial charge in [-0.15, -0.1) is 0 Å². The average Bonchev–Trinajstić information content (AvgIpc) is 3.23. The van der Waals surface area contributed by atoms with Crippen molar-refractivity contribution in [1.29, 1.82) is 0 Å². The molecule has 2 amide bonds. The molecular formula is C21H26ClN3O3. The van der Waals surface area contributed by atoms with Crippen LogP contribution < -0.4 is 10.6 Å². The van der Waals surface area contributed by atoms with Crippen molar-refractivity contribution < 1.29 is 14.0 Å². The second-order valence-electron chi connectivity index (χ2n) is 7.08. The summed E-state index contributed by atoms with van der Waals surface area (Å²) in [5.74, 6) is 0.314. The highest BCUT2D eigenvalue weighted by Gasteiger charge is 2.26. The van der Waals surface area contributed by atoms with Crippen LogP contribution in [0.3, 0.4) is 0 Å². The van der Waals surface area contributed by atoms with Crippen LogP contribution in [0.25, 0.3) is 0 Å². The van der Waals surface area contributed by atoms with Gasteiger partial charge in [0.25, 0.3) is 5.91 Å². The van der Waals surface area contributed by atoms with Crippen LogP contribution in [-0.4, -0.2) is 42.4 Å². The Morgan fingerprint density at radius 2 is 1.86 bits per heavy atom. The Hall–Kier alpha value is -2.31. The molecule has 2 aromatic rings. The summed E-state index contributed by atoms with van der Waals surface area (Å²) in [6, 6.07) is 9.71. The zero-order valence-corrected chi connectivity index (χ0v) is 16.7. The molecule has 28 heavy (non-hydrogen) atoms. The predicted octanol–water partition coefficient (Wildman–Crippen LogP) is 3.39. The standard InChI is InChI=1S/C21H26ClN3O3/c1-15(24-21(27)16-7-9-17(22)10-8-16)20(26)23-14-18(19-6-5-13-28-19)25-11-3-2-4-12-25/h5-10,13,15,18H,2-4,11-12,14H2,1H3,(H,23,26)(H,24,27). The molecule has 7 heteroatoms. The fourth-order valence-electron chi connectivity index (χ4n) is 3.42. The molecule has 2 heterocycles. The summed E-state index contributed by atoms with van der Waals surface area (Å²) < 4.78 is 5.60. The fourth-order valence-corrected chi connectivity index (χ4v) is 3.54. The van der Waals surface area contributed by atoms with E-state index in [0.29, 0.717) is 17.1 Å². The minimum Gasteiger partial charge on any atom is -0.468 e. The zero-order valence-electron chi connectivity index (χ0n) is 16.0. The number of piperidine rings is 1. The minimum atomic E-state index is -0.651. The first-order valence-electron chi connectivity index (χ1n) is 9.66. The number of carbonyl (C=O) groups excluding carboxylic acids is 2. The van der Waals surface area contributed by atoms with E-state index in [9.17, 15) is 9.59 Å². The van der Waals surface area contributed by atoms with Crippen molar-refractivity contribution in [2.75, 3.05) is 19.6 Å². The van der Waals surface area contributed by atoms with E-state index in [1.54, 1.807) is 37.5 Å². The Morgan fingerprint density at radius 3 is 2.50 bits per heavy atom. The van der Waals surface area contributed by atoms with Crippen LogP contribution in [-0.2, 0) is 4.79 Å². The largest absolute Gasteiger partial charge is 0.468 e. The third-order valence-corrected chi connectivity index (χ3v) is 5.27. The van der Waals surface area contributed by atoms with Crippen molar-refractivity contribution in [3.8, 4) is 0 Å². The van der Waals surface area contributed by atoms with Crippen LogP contribution in [0.15, 0.2) is 47.1 Å². The summed E-state index contributed by atoms with van der Waals surface area (Å²) in [6.45, 7) is 4.09. The van der Waals surface area contributed by atoms with Crippen molar-refractivity contribution >= 4 is 23.4 Å². The first-order valence-corrected chi connectivity index (χ1v) is 10.0. The molecular weight excluding hydrogens is 378 g/mol. The number of nitrogens with one attached hydrogen (secondary N) is 2. The lowest BCUT2D eigenvalue weighted by Gasteiger charge is -2.33. The number of halogens is 1. The van der Waals surface area contributed by atoms with Crippen molar-refractivity contribution in [2.24, 2.45) is 0 Å². The molecule has 150 valence electrons. The summed E-state index contributed by atoms with van der Waals surface area (Å²) in [6.07, 6.45) is 5.20. The highest BCUT2D eigenvalue weighted by molar-refractivity contribution is 6.30. The lowest BCUT2D eigenvalue weighted by molar-refractivity contribution is -0.122. The maximum absolute atomic E-state index is 12.5. The predicted molar refractivity (Wildman–Crippen MR) is 108 cm³/mol. The molecule has 1 aliphatic rings. The van der Waals surface area contributed by atoms with Gasteiger partial charge in [-0.2, -0.15) is 0 Å². The van der Waals surface area contributed by atoms with Gasteiger partial charge < -0.3 is 15.1 Å². The monoisotopic (exact) mass is 403 g/mol. The zero-order chi connectivity index (χ0) is 19.9. The quantitative estimate of drug-likeness (QED) is 0.743. The van der Waals surface area contributed by atoms with Crippen LogP contribution in [0, 0.1) is 0 Å². The molecule has 0 saturated carbocycles. The molecule has 0 aliphatic carbocycles. The molecule has 2 unspecified atom stereocenters. The van der Waals surface area contributed by atoms with Crippen LogP contribution in [0.2, 0.25) is 5.02 Å². The number of hydrogen-bond donors (Lipinski definition) is 2. The molecule has 0 bridgehead atoms. The molecule has 1 aromatic heterocycles. The van der Waals surface area contributed by atoms with Crippen LogP contribution in [0.1, 0.15) is 48.3 Å². The van der Waals surface area contributed by atoms with Gasteiger partial charge >= 0.3 is 0 Å². The molecule has 1 aromatic carbocycles. The first kappa shape index (κ1) is 20.4. The Kier molecular flexibility index (Phi) is 7.12. The SMILES string of the molecule is CC(NC(=O)c1ccc(Cl)cc1)C(=O)NCC(c1ccco1)N1CCCCC1. The molecule has 2 N–H and O–H groups in total. The smallest absolute Gasteiger partial charge is 0.251 e. The number of amides is 2. The van der Waals surface area contributed by atoms with Crippen LogP contribution in [0.4, 0.5) is 0 Å². The molecule has 0 spiro atoms. The van der Waals surface area contributed by atoms with Crippen LogP contribution in [0.5, 0.6) is 0 Å². The number of carbonyl (C=O) groups is 2. The summed E-state index contributed by atoms with van der Waals surface area (Å²) in [5.41, 5.74) is 0.464. The minimum absolute atomic E-state index is 0.00147. The maximum atomic E-state index is 12.5. The third kappa shape index (κ3) is 5.36. The van der Waals surface area contributed by atoms with E-state index in [2.05, 4.69) is 15.5 Å². The maximum Gasteiger partial charge on any atom is 0.251 e. The van der Waals surface area contributed by atoms with Crippen molar-refractivity contribution in [3.05, 3.63) is 59.0 Å². The molecule has 1 aliphatic heterocycles. The fraction of sp³-hybridized carbons (Fsp3) is 0.429. The van der Waals surface area contributed by atoms with Gasteiger partial charge in [0, 0.05) is 17.1 Å². The first-order chi connectivity index (χ1) is 13.5.